The molecule has 1 aromatic carbocycles. The highest BCUT2D eigenvalue weighted by molar-refractivity contribution is 7.09. The fraction of sp³-hybridized carbons (Fsp3) is 0.421. The summed E-state index contributed by atoms with van der Waals surface area (Å²) in [5.41, 5.74) is 1.10. The lowest BCUT2D eigenvalue weighted by Gasteiger charge is -2.36. The Balaban J connectivity index is 1.44. The Hall–Kier alpha value is -2.45. The highest BCUT2D eigenvalue weighted by atomic mass is 32.1. The third kappa shape index (κ3) is 5.05. The van der Waals surface area contributed by atoms with Crippen molar-refractivity contribution in [2.24, 2.45) is 0 Å². The van der Waals surface area contributed by atoms with Gasteiger partial charge in [-0.05, 0) is 36.9 Å². The van der Waals surface area contributed by atoms with E-state index in [1.165, 1.54) is 21.9 Å². The fourth-order valence-electron chi connectivity index (χ4n) is 3.37. The van der Waals surface area contributed by atoms with E-state index in [2.05, 4.69) is 16.3 Å². The number of benzene rings is 1. The van der Waals surface area contributed by atoms with Gasteiger partial charge in [-0.2, -0.15) is 0 Å². The Bertz CT molecular complexity index is 756. The van der Waals surface area contributed by atoms with Crippen LogP contribution in [0.5, 0.6) is 0 Å². The van der Waals surface area contributed by atoms with Crippen molar-refractivity contribution < 1.29 is 14.6 Å². The van der Waals surface area contributed by atoms with E-state index in [9.17, 15) is 14.9 Å². The van der Waals surface area contributed by atoms with E-state index in [4.69, 9.17) is 0 Å². The van der Waals surface area contributed by atoms with Crippen molar-refractivity contribution >= 4 is 28.6 Å². The molecule has 1 atom stereocenters. The molecule has 3 rings (SSSR count). The van der Waals surface area contributed by atoms with E-state index in [-0.39, 0.29) is 22.6 Å². The topological polar surface area (TPSA) is 79.9 Å². The van der Waals surface area contributed by atoms with Crippen molar-refractivity contribution in [1.29, 1.82) is 0 Å². The van der Waals surface area contributed by atoms with E-state index in [0.29, 0.717) is 6.54 Å². The molecule has 1 fully saturated rings. The zero-order chi connectivity index (χ0) is 19.2. The van der Waals surface area contributed by atoms with Gasteiger partial charge in [0.15, 0.2) is 6.04 Å². The van der Waals surface area contributed by atoms with E-state index in [1.54, 1.807) is 23.5 Å². The van der Waals surface area contributed by atoms with Gasteiger partial charge in [0.2, 0.25) is 0 Å². The smallest absolute Gasteiger partial charge is 0.278 e. The van der Waals surface area contributed by atoms with Crippen LogP contribution in [0.2, 0.25) is 0 Å². The van der Waals surface area contributed by atoms with Crippen molar-refractivity contribution in [3.63, 3.8) is 0 Å². The number of piperazine rings is 1. The molecule has 7 nitrogen and oxygen atoms in total. The Labute approximate surface area is 162 Å². The van der Waals surface area contributed by atoms with Crippen LogP contribution in [0.25, 0.3) is 0 Å². The van der Waals surface area contributed by atoms with Gasteiger partial charge in [-0.1, -0.05) is 6.07 Å². The Kier molecular flexibility index (Phi) is 6.41. The first-order valence-corrected chi connectivity index (χ1v) is 10.1. The number of rotatable bonds is 7. The van der Waals surface area contributed by atoms with E-state index in [1.807, 2.05) is 18.4 Å². The second kappa shape index (κ2) is 8.96. The zero-order valence-electron chi connectivity index (χ0n) is 15.4. The number of nitro benzene ring substituents is 1. The molecule has 27 heavy (non-hydrogen) atoms. The molecule has 8 heteroatoms. The molecule has 1 amide bonds. The van der Waals surface area contributed by atoms with Crippen molar-refractivity contribution in [1.82, 2.24) is 5.32 Å². The van der Waals surface area contributed by atoms with E-state index < -0.39 is 0 Å². The zero-order valence-corrected chi connectivity index (χ0v) is 16.2. The highest BCUT2D eigenvalue weighted by Crippen LogP contribution is 2.19. The van der Waals surface area contributed by atoms with Gasteiger partial charge in [-0.15, -0.1) is 11.3 Å². The van der Waals surface area contributed by atoms with Crippen LogP contribution in [0.4, 0.5) is 11.4 Å². The fourth-order valence-corrected chi connectivity index (χ4v) is 4.08. The monoisotopic (exact) mass is 389 g/mol. The number of amides is 1. The van der Waals surface area contributed by atoms with Gasteiger partial charge in [0.05, 0.1) is 31.1 Å². The third-order valence-electron chi connectivity index (χ3n) is 5.09. The minimum absolute atomic E-state index is 0.0765. The van der Waals surface area contributed by atoms with E-state index >= 15 is 0 Å². The van der Waals surface area contributed by atoms with Gasteiger partial charge in [0, 0.05) is 29.2 Å². The third-order valence-corrected chi connectivity index (χ3v) is 6.02. The molecule has 1 aromatic heterocycles. The quantitative estimate of drug-likeness (QED) is 0.549. The molecule has 0 aliphatic carbocycles. The number of carbonyl (C=O) groups is 1. The Morgan fingerprint density at radius 3 is 2.59 bits per heavy atom. The highest BCUT2D eigenvalue weighted by Gasteiger charge is 2.29. The molecule has 0 saturated carbocycles. The first-order chi connectivity index (χ1) is 13.0. The number of thiophene rings is 1. The van der Waals surface area contributed by atoms with Gasteiger partial charge < -0.3 is 15.1 Å². The van der Waals surface area contributed by atoms with Crippen LogP contribution < -0.4 is 15.1 Å². The second-order valence-corrected chi connectivity index (χ2v) is 7.79. The lowest BCUT2D eigenvalue weighted by Crippen LogP contribution is -3.19. The number of nitrogens with zero attached hydrogens (tertiary/aromatic N) is 2. The number of nitro groups is 1. The molecule has 144 valence electrons. The van der Waals surface area contributed by atoms with Gasteiger partial charge in [-0.25, -0.2) is 0 Å². The summed E-state index contributed by atoms with van der Waals surface area (Å²) in [6.07, 6.45) is 0.874. The van der Waals surface area contributed by atoms with Crippen LogP contribution in [0.15, 0.2) is 41.8 Å². The van der Waals surface area contributed by atoms with Gasteiger partial charge in [0.1, 0.15) is 0 Å². The maximum absolute atomic E-state index is 12.4. The number of carbonyl (C=O) groups excluding carboxylic acids is 1. The molecule has 1 aliphatic heterocycles. The number of non-ortho nitro benzene ring substituents is 1. The minimum atomic E-state index is -0.384. The molecule has 2 heterocycles. The molecular weight excluding hydrogens is 364 g/mol. The number of quaternary nitrogens is 1. The SMILES string of the molecule is C[C@H](C(=O)NCCc1cccs1)[NH+]1CCN(c2ccc([N+](=O)[O-])cc2)CC1. The van der Waals surface area contributed by atoms with Crippen LogP contribution in [-0.4, -0.2) is 49.6 Å². The lowest BCUT2D eigenvalue weighted by molar-refractivity contribution is -0.914. The molecule has 0 unspecified atom stereocenters. The maximum Gasteiger partial charge on any atom is 0.278 e. The minimum Gasteiger partial charge on any atom is -0.360 e. The van der Waals surface area contributed by atoms with E-state index in [0.717, 1.165) is 38.3 Å². The molecule has 2 N–H and O–H groups in total. The van der Waals surface area contributed by atoms with Crippen LogP contribution in [0.1, 0.15) is 11.8 Å². The predicted molar refractivity (Wildman–Crippen MR) is 107 cm³/mol. The van der Waals surface area contributed by atoms with Crippen molar-refractivity contribution in [2.75, 3.05) is 37.6 Å². The average molecular weight is 390 g/mol. The van der Waals surface area contributed by atoms with Crippen LogP contribution in [-0.2, 0) is 11.2 Å². The molecule has 1 aliphatic rings. The summed E-state index contributed by atoms with van der Waals surface area (Å²) in [5, 5.41) is 15.9. The van der Waals surface area contributed by atoms with Crippen LogP contribution >= 0.6 is 11.3 Å². The average Bonchev–Trinajstić information content (AvgIpc) is 3.21. The second-order valence-electron chi connectivity index (χ2n) is 6.76. The summed E-state index contributed by atoms with van der Waals surface area (Å²) in [7, 11) is 0. The maximum atomic E-state index is 12.4. The summed E-state index contributed by atoms with van der Waals surface area (Å²) in [5.74, 6) is 0.102. The Morgan fingerprint density at radius 1 is 1.30 bits per heavy atom. The standard InChI is InChI=1S/C19H24N4O3S/c1-15(19(24)20-9-8-18-3-2-14-27-18)21-10-12-22(13-11-21)16-4-6-17(7-5-16)23(25)26/h2-7,14-15H,8-13H2,1H3,(H,20,24)/p+1/t15-/m1/s1. The van der Waals surface area contributed by atoms with Crippen LogP contribution in [0, 0.1) is 10.1 Å². The molecule has 0 radical (unpaired) electrons. The molecule has 0 bridgehead atoms. The first-order valence-electron chi connectivity index (χ1n) is 9.18. The predicted octanol–water partition coefficient (Wildman–Crippen LogP) is 1.11. The lowest BCUT2D eigenvalue weighted by atomic mass is 10.2. The van der Waals surface area contributed by atoms with Crippen LogP contribution in [0.3, 0.4) is 0 Å². The molecule has 1 saturated heterocycles. The molecular formula is C19H25N4O3S+. The van der Waals surface area contributed by atoms with Gasteiger partial charge in [-0.3, -0.25) is 14.9 Å². The summed E-state index contributed by atoms with van der Waals surface area (Å²) < 4.78 is 0. The Morgan fingerprint density at radius 2 is 2.00 bits per heavy atom. The molecule has 0 spiro atoms. The summed E-state index contributed by atoms with van der Waals surface area (Å²) in [4.78, 5) is 27.6. The summed E-state index contributed by atoms with van der Waals surface area (Å²) in [6.45, 7) is 6.07. The summed E-state index contributed by atoms with van der Waals surface area (Å²) in [6, 6.07) is 10.7. The normalized spacial score (nSPS) is 16.1. The van der Waals surface area contributed by atoms with Crippen molar-refractivity contribution in [3.05, 3.63) is 56.8 Å². The molecule has 2 aromatic rings. The van der Waals surface area contributed by atoms with Gasteiger partial charge >= 0.3 is 0 Å². The first kappa shape index (κ1) is 19.3. The number of hydrogen-bond donors (Lipinski definition) is 2. The number of nitrogens with one attached hydrogen (secondary N) is 2. The number of hydrogen-bond acceptors (Lipinski definition) is 5. The van der Waals surface area contributed by atoms with Crippen molar-refractivity contribution in [2.45, 2.75) is 19.4 Å². The largest absolute Gasteiger partial charge is 0.360 e. The summed E-state index contributed by atoms with van der Waals surface area (Å²) >= 11 is 1.71. The number of anilines is 1. The van der Waals surface area contributed by atoms with Gasteiger partial charge in [0.25, 0.3) is 11.6 Å². The van der Waals surface area contributed by atoms with Crippen molar-refractivity contribution in [3.8, 4) is 0 Å².